The van der Waals surface area contributed by atoms with Crippen LogP contribution in [0.15, 0.2) is 35.5 Å². The number of rotatable bonds is 4. The van der Waals surface area contributed by atoms with Gasteiger partial charge >= 0.3 is 0 Å². The highest BCUT2D eigenvalue weighted by Crippen LogP contribution is 2.38. The smallest absolute Gasteiger partial charge is 0.253 e. The minimum absolute atomic E-state index is 0.0396. The van der Waals surface area contributed by atoms with E-state index in [0.29, 0.717) is 6.04 Å². The SMILES string of the molecule is CCc1ccc([C@@H]2NC(=S)N(C3CC3)C(C)=C2C(=O)N(C)C)cc1. The molecular formula is C19H25N3OS. The van der Waals surface area contributed by atoms with Crippen molar-refractivity contribution in [1.29, 1.82) is 0 Å². The van der Waals surface area contributed by atoms with Gasteiger partial charge in [0.05, 0.1) is 11.6 Å². The topological polar surface area (TPSA) is 35.6 Å². The van der Waals surface area contributed by atoms with Gasteiger partial charge in [-0.15, -0.1) is 0 Å². The van der Waals surface area contributed by atoms with E-state index in [-0.39, 0.29) is 11.9 Å². The largest absolute Gasteiger partial charge is 0.351 e. The van der Waals surface area contributed by atoms with E-state index in [1.54, 1.807) is 19.0 Å². The Hall–Kier alpha value is -1.88. The zero-order chi connectivity index (χ0) is 17.4. The van der Waals surface area contributed by atoms with Crippen LogP contribution in [0.2, 0.25) is 0 Å². The molecular weight excluding hydrogens is 318 g/mol. The van der Waals surface area contributed by atoms with Crippen LogP contribution in [-0.2, 0) is 11.2 Å². The zero-order valence-electron chi connectivity index (χ0n) is 14.8. The molecule has 0 saturated heterocycles. The van der Waals surface area contributed by atoms with Gasteiger partial charge in [0.1, 0.15) is 0 Å². The summed E-state index contributed by atoms with van der Waals surface area (Å²) in [5.41, 5.74) is 4.15. The summed E-state index contributed by atoms with van der Waals surface area (Å²) >= 11 is 5.61. The summed E-state index contributed by atoms with van der Waals surface area (Å²) in [6.45, 7) is 4.16. The Morgan fingerprint density at radius 2 is 1.92 bits per heavy atom. The second-order valence-corrected chi connectivity index (χ2v) is 7.16. The molecule has 5 heteroatoms. The third-order valence-corrected chi connectivity index (χ3v) is 5.11. The lowest BCUT2D eigenvalue weighted by atomic mass is 9.93. The van der Waals surface area contributed by atoms with Crippen molar-refractivity contribution < 1.29 is 4.79 Å². The molecule has 0 bridgehead atoms. The molecule has 128 valence electrons. The van der Waals surface area contributed by atoms with Crippen LogP contribution in [0.3, 0.4) is 0 Å². The van der Waals surface area contributed by atoms with Crippen LogP contribution >= 0.6 is 12.2 Å². The molecule has 1 N–H and O–H groups in total. The van der Waals surface area contributed by atoms with E-state index in [1.807, 2.05) is 6.92 Å². The Morgan fingerprint density at radius 1 is 1.29 bits per heavy atom. The highest BCUT2D eigenvalue weighted by Gasteiger charge is 2.40. The summed E-state index contributed by atoms with van der Waals surface area (Å²) in [5.74, 6) is 0.0396. The van der Waals surface area contributed by atoms with Gasteiger partial charge in [0.2, 0.25) is 0 Å². The van der Waals surface area contributed by atoms with Crippen molar-refractivity contribution in [3.63, 3.8) is 0 Å². The highest BCUT2D eigenvalue weighted by molar-refractivity contribution is 7.80. The molecule has 1 aromatic rings. The fraction of sp³-hybridized carbons (Fsp3) is 0.474. The molecule has 1 atom stereocenters. The second-order valence-electron chi connectivity index (χ2n) is 6.78. The molecule has 1 amide bonds. The second kappa shape index (κ2) is 6.55. The van der Waals surface area contributed by atoms with Gasteiger partial charge in [-0.2, -0.15) is 0 Å². The zero-order valence-corrected chi connectivity index (χ0v) is 15.6. The number of nitrogens with zero attached hydrogens (tertiary/aromatic N) is 2. The standard InChI is InChI=1S/C19H25N3OS/c1-5-13-6-8-14(9-7-13)17-16(18(23)21(3)4)12(2)22(15-10-11-15)19(24)20-17/h6-9,15,17H,5,10-11H2,1-4H3,(H,20,24)/t17-/m0/s1. The van der Waals surface area contributed by atoms with E-state index in [2.05, 4.69) is 41.4 Å². The molecule has 0 aromatic heterocycles. The third-order valence-electron chi connectivity index (χ3n) is 4.80. The van der Waals surface area contributed by atoms with Crippen molar-refractivity contribution in [2.24, 2.45) is 0 Å². The molecule has 2 aliphatic rings. The van der Waals surface area contributed by atoms with Crippen LogP contribution in [0.4, 0.5) is 0 Å². The van der Waals surface area contributed by atoms with Crippen LogP contribution in [-0.4, -0.2) is 41.0 Å². The predicted molar refractivity (Wildman–Crippen MR) is 101 cm³/mol. The quantitative estimate of drug-likeness (QED) is 0.853. The van der Waals surface area contributed by atoms with Gasteiger partial charge in [0.15, 0.2) is 5.11 Å². The summed E-state index contributed by atoms with van der Waals surface area (Å²) in [5, 5.41) is 4.14. The van der Waals surface area contributed by atoms with E-state index in [9.17, 15) is 4.79 Å². The lowest BCUT2D eigenvalue weighted by Gasteiger charge is -2.38. The maximum Gasteiger partial charge on any atom is 0.253 e. The van der Waals surface area contributed by atoms with Crippen LogP contribution in [0.5, 0.6) is 0 Å². The highest BCUT2D eigenvalue weighted by atomic mass is 32.1. The molecule has 0 spiro atoms. The van der Waals surface area contributed by atoms with E-state index >= 15 is 0 Å². The Bertz CT molecular complexity index is 689. The normalized spacial score (nSPS) is 20.9. The van der Waals surface area contributed by atoms with Crippen molar-refractivity contribution in [2.75, 3.05) is 14.1 Å². The Balaban J connectivity index is 2.05. The molecule has 0 radical (unpaired) electrons. The minimum atomic E-state index is -0.187. The molecule has 3 rings (SSSR count). The van der Waals surface area contributed by atoms with E-state index in [4.69, 9.17) is 12.2 Å². The maximum absolute atomic E-state index is 12.9. The third kappa shape index (κ3) is 3.05. The number of carbonyl (C=O) groups is 1. The lowest BCUT2D eigenvalue weighted by molar-refractivity contribution is -0.125. The summed E-state index contributed by atoms with van der Waals surface area (Å²) < 4.78 is 0. The number of benzene rings is 1. The lowest BCUT2D eigenvalue weighted by Crippen LogP contribution is -2.49. The average molecular weight is 343 g/mol. The van der Waals surface area contributed by atoms with Gasteiger partial charge < -0.3 is 15.1 Å². The number of carbonyl (C=O) groups excluding carboxylic acids is 1. The molecule has 1 aliphatic carbocycles. The Kier molecular flexibility index (Phi) is 4.63. The number of hydrogen-bond donors (Lipinski definition) is 1. The monoisotopic (exact) mass is 343 g/mol. The van der Waals surface area contributed by atoms with Crippen LogP contribution in [0.25, 0.3) is 0 Å². The summed E-state index contributed by atoms with van der Waals surface area (Å²) in [6.07, 6.45) is 3.28. The Labute approximate surface area is 149 Å². The maximum atomic E-state index is 12.9. The molecule has 0 unspecified atom stereocenters. The molecule has 4 nitrogen and oxygen atoms in total. The average Bonchev–Trinajstić information content (AvgIpc) is 3.38. The first-order chi connectivity index (χ1) is 11.4. The van der Waals surface area contributed by atoms with E-state index in [0.717, 1.165) is 41.2 Å². The van der Waals surface area contributed by atoms with E-state index < -0.39 is 0 Å². The van der Waals surface area contributed by atoms with Crippen molar-refractivity contribution in [2.45, 2.75) is 45.2 Å². The predicted octanol–water partition coefficient (Wildman–Crippen LogP) is 3.00. The van der Waals surface area contributed by atoms with Gasteiger partial charge in [0, 0.05) is 25.8 Å². The number of likely N-dealkylation sites (N-methyl/N-ethyl adjacent to an activating group) is 1. The fourth-order valence-electron chi connectivity index (χ4n) is 3.24. The van der Waals surface area contributed by atoms with Gasteiger partial charge in [0.25, 0.3) is 5.91 Å². The molecule has 1 fully saturated rings. The number of allylic oxidation sites excluding steroid dienone is 1. The van der Waals surface area contributed by atoms with Crippen molar-refractivity contribution in [1.82, 2.24) is 15.1 Å². The van der Waals surface area contributed by atoms with Gasteiger partial charge in [-0.1, -0.05) is 31.2 Å². The molecule has 1 saturated carbocycles. The van der Waals surface area contributed by atoms with Crippen LogP contribution in [0.1, 0.15) is 43.9 Å². The van der Waals surface area contributed by atoms with Gasteiger partial charge in [-0.05, 0) is 49.5 Å². The van der Waals surface area contributed by atoms with E-state index in [1.165, 1.54) is 5.56 Å². The molecule has 1 aromatic carbocycles. The number of amides is 1. The summed E-state index contributed by atoms with van der Waals surface area (Å²) in [6, 6.07) is 8.71. The first kappa shape index (κ1) is 17.0. The van der Waals surface area contributed by atoms with Crippen molar-refractivity contribution >= 4 is 23.2 Å². The number of thiocarbonyl (C=S) groups is 1. The molecule has 1 heterocycles. The molecule has 24 heavy (non-hydrogen) atoms. The fourth-order valence-corrected chi connectivity index (χ4v) is 3.65. The first-order valence-corrected chi connectivity index (χ1v) is 8.95. The van der Waals surface area contributed by atoms with Gasteiger partial charge in [-0.3, -0.25) is 4.79 Å². The van der Waals surface area contributed by atoms with Crippen molar-refractivity contribution in [3.05, 3.63) is 46.7 Å². The summed E-state index contributed by atoms with van der Waals surface area (Å²) in [7, 11) is 3.60. The van der Waals surface area contributed by atoms with Gasteiger partial charge in [-0.25, -0.2) is 0 Å². The number of nitrogens with one attached hydrogen (secondary N) is 1. The minimum Gasteiger partial charge on any atom is -0.351 e. The van der Waals surface area contributed by atoms with Crippen molar-refractivity contribution in [3.8, 4) is 0 Å². The number of aryl methyl sites for hydroxylation is 1. The molecule has 1 aliphatic heterocycles. The first-order valence-electron chi connectivity index (χ1n) is 8.55. The summed E-state index contributed by atoms with van der Waals surface area (Å²) in [4.78, 5) is 16.6. The number of hydrogen-bond acceptors (Lipinski definition) is 2. The van der Waals surface area contributed by atoms with Crippen LogP contribution in [0, 0.1) is 0 Å². The Morgan fingerprint density at radius 3 is 2.42 bits per heavy atom. The van der Waals surface area contributed by atoms with Crippen LogP contribution < -0.4 is 5.32 Å².